The summed E-state index contributed by atoms with van der Waals surface area (Å²) < 4.78 is 27.3. The molecule has 2 heterocycles. The number of aromatic amines is 1. The molecule has 0 aliphatic carbocycles. The van der Waals surface area contributed by atoms with Gasteiger partial charge >= 0.3 is 0 Å². The monoisotopic (exact) mass is 465 g/mol. The number of aromatic nitrogens is 1. The molecular weight excluding hydrogens is 445 g/mol. The highest BCUT2D eigenvalue weighted by molar-refractivity contribution is 7.89. The number of nitrogens with one attached hydrogen (secondary N) is 1. The van der Waals surface area contributed by atoms with E-state index in [4.69, 9.17) is 23.2 Å². The highest BCUT2D eigenvalue weighted by atomic mass is 35.5. The SMILES string of the molecule is Cc1[nH]c2ccc(C(=O)N3CCN(S(=O)(=O)c4cc(Cl)ccc4Cl)CC3)cc2c1C. The van der Waals surface area contributed by atoms with Crippen molar-refractivity contribution in [3.63, 3.8) is 0 Å². The van der Waals surface area contributed by atoms with Crippen LogP contribution in [0.15, 0.2) is 41.3 Å². The average molecular weight is 466 g/mol. The second-order valence-corrected chi connectivity index (χ2v) is 10.2. The third-order valence-electron chi connectivity index (χ3n) is 5.59. The van der Waals surface area contributed by atoms with Crippen molar-refractivity contribution >= 4 is 50.0 Å². The Balaban J connectivity index is 1.51. The fraction of sp³-hybridized carbons (Fsp3) is 0.286. The van der Waals surface area contributed by atoms with Crippen molar-refractivity contribution in [2.24, 2.45) is 0 Å². The van der Waals surface area contributed by atoms with E-state index in [-0.39, 0.29) is 28.9 Å². The number of halogens is 2. The predicted molar refractivity (Wildman–Crippen MR) is 119 cm³/mol. The number of hydrogen-bond donors (Lipinski definition) is 1. The summed E-state index contributed by atoms with van der Waals surface area (Å²) in [5.41, 5.74) is 3.79. The van der Waals surface area contributed by atoms with E-state index < -0.39 is 10.0 Å². The zero-order valence-corrected chi connectivity index (χ0v) is 18.9. The number of benzene rings is 2. The molecule has 30 heavy (non-hydrogen) atoms. The minimum atomic E-state index is -3.79. The van der Waals surface area contributed by atoms with Gasteiger partial charge in [0.25, 0.3) is 5.91 Å². The van der Waals surface area contributed by atoms with Crippen molar-refractivity contribution in [1.29, 1.82) is 0 Å². The number of aryl methyl sites for hydroxylation is 2. The first-order chi connectivity index (χ1) is 14.2. The lowest BCUT2D eigenvalue weighted by Gasteiger charge is -2.34. The minimum absolute atomic E-state index is 0.0137. The zero-order chi connectivity index (χ0) is 21.6. The maximum atomic E-state index is 13.0. The second kappa shape index (κ2) is 7.89. The second-order valence-electron chi connectivity index (χ2n) is 7.41. The number of carbonyl (C=O) groups is 1. The van der Waals surface area contributed by atoms with Crippen molar-refractivity contribution in [3.8, 4) is 0 Å². The number of carbonyl (C=O) groups excluding carboxylic acids is 1. The molecule has 1 aliphatic heterocycles. The molecule has 1 amide bonds. The van der Waals surface area contributed by atoms with Crippen molar-refractivity contribution in [3.05, 3.63) is 63.3 Å². The third kappa shape index (κ3) is 3.71. The Kier molecular flexibility index (Phi) is 5.57. The number of H-pyrrole nitrogens is 1. The third-order valence-corrected chi connectivity index (χ3v) is 8.21. The molecule has 0 bridgehead atoms. The van der Waals surface area contributed by atoms with Gasteiger partial charge in [-0.15, -0.1) is 0 Å². The molecule has 1 N–H and O–H groups in total. The first-order valence-corrected chi connectivity index (χ1v) is 11.7. The number of piperazine rings is 1. The van der Waals surface area contributed by atoms with Gasteiger partial charge in [0.05, 0.1) is 5.02 Å². The molecule has 0 atom stereocenters. The molecule has 158 valence electrons. The Morgan fingerprint density at radius 1 is 1.00 bits per heavy atom. The molecule has 1 aliphatic rings. The average Bonchev–Trinajstić information content (AvgIpc) is 3.02. The maximum absolute atomic E-state index is 13.0. The van der Waals surface area contributed by atoms with Crippen LogP contribution >= 0.6 is 23.2 Å². The van der Waals surface area contributed by atoms with Crippen molar-refractivity contribution in [2.75, 3.05) is 26.2 Å². The summed E-state index contributed by atoms with van der Waals surface area (Å²) in [6.45, 7) is 5.03. The summed E-state index contributed by atoms with van der Waals surface area (Å²) in [6, 6.07) is 9.97. The van der Waals surface area contributed by atoms with Gasteiger partial charge in [-0.2, -0.15) is 4.31 Å². The largest absolute Gasteiger partial charge is 0.358 e. The fourth-order valence-electron chi connectivity index (χ4n) is 3.72. The molecule has 0 unspecified atom stereocenters. The van der Waals surface area contributed by atoms with Crippen molar-refractivity contribution in [2.45, 2.75) is 18.7 Å². The van der Waals surface area contributed by atoms with Crippen LogP contribution in [-0.4, -0.2) is 54.7 Å². The Labute approximate surface area is 185 Å². The minimum Gasteiger partial charge on any atom is -0.358 e. The van der Waals surface area contributed by atoms with Crippen molar-refractivity contribution in [1.82, 2.24) is 14.2 Å². The number of rotatable bonds is 3. The van der Waals surface area contributed by atoms with E-state index in [1.807, 2.05) is 26.0 Å². The number of amides is 1. The van der Waals surface area contributed by atoms with Crippen LogP contribution in [0.5, 0.6) is 0 Å². The van der Waals surface area contributed by atoms with Gasteiger partial charge in [0.1, 0.15) is 4.90 Å². The molecule has 0 spiro atoms. The quantitative estimate of drug-likeness (QED) is 0.628. The molecule has 1 aromatic heterocycles. The first kappa shape index (κ1) is 21.2. The van der Waals surface area contributed by atoms with E-state index >= 15 is 0 Å². The Morgan fingerprint density at radius 2 is 1.70 bits per heavy atom. The molecular formula is C21H21Cl2N3O3S. The van der Waals surface area contributed by atoms with Crippen LogP contribution in [0.25, 0.3) is 10.9 Å². The van der Waals surface area contributed by atoms with Gasteiger partial charge in [-0.3, -0.25) is 4.79 Å². The highest BCUT2D eigenvalue weighted by Crippen LogP contribution is 2.29. The Morgan fingerprint density at radius 3 is 2.40 bits per heavy atom. The summed E-state index contributed by atoms with van der Waals surface area (Å²) in [5, 5.41) is 1.45. The summed E-state index contributed by atoms with van der Waals surface area (Å²) in [7, 11) is -3.79. The number of nitrogens with zero attached hydrogens (tertiary/aromatic N) is 2. The molecule has 4 rings (SSSR count). The van der Waals surface area contributed by atoms with Gasteiger partial charge in [0, 0.05) is 53.4 Å². The van der Waals surface area contributed by atoms with E-state index in [2.05, 4.69) is 4.98 Å². The molecule has 3 aromatic rings. The number of fused-ring (bicyclic) bond motifs is 1. The maximum Gasteiger partial charge on any atom is 0.253 e. The standard InChI is InChI=1S/C21H21Cl2N3O3S/c1-13-14(2)24-19-6-3-15(11-17(13)19)21(27)25-7-9-26(10-8-25)30(28,29)20-12-16(22)4-5-18(20)23/h3-6,11-12,24H,7-10H2,1-2H3. The smallest absolute Gasteiger partial charge is 0.253 e. The Hall–Kier alpha value is -2.06. The van der Waals surface area contributed by atoms with E-state index in [1.165, 1.54) is 16.4 Å². The van der Waals surface area contributed by atoms with Gasteiger partial charge in [0.15, 0.2) is 0 Å². The Bertz CT molecular complexity index is 1250. The topological polar surface area (TPSA) is 73.5 Å². The zero-order valence-electron chi connectivity index (χ0n) is 16.6. The van der Waals surface area contributed by atoms with Crippen LogP contribution in [0.2, 0.25) is 10.0 Å². The molecule has 0 saturated carbocycles. The van der Waals surface area contributed by atoms with Crippen LogP contribution in [0, 0.1) is 13.8 Å². The summed E-state index contributed by atoms with van der Waals surface area (Å²) in [4.78, 5) is 18.0. The van der Waals surface area contributed by atoms with Gasteiger partial charge in [-0.05, 0) is 55.8 Å². The van der Waals surface area contributed by atoms with E-state index in [1.54, 1.807) is 17.0 Å². The normalized spacial score (nSPS) is 15.7. The molecule has 6 nitrogen and oxygen atoms in total. The number of hydrogen-bond acceptors (Lipinski definition) is 3. The van der Waals surface area contributed by atoms with Gasteiger partial charge in [-0.25, -0.2) is 8.42 Å². The first-order valence-electron chi connectivity index (χ1n) is 9.52. The molecule has 1 saturated heterocycles. The van der Waals surface area contributed by atoms with E-state index in [0.717, 1.165) is 22.2 Å². The lowest BCUT2D eigenvalue weighted by atomic mass is 10.1. The van der Waals surface area contributed by atoms with Crippen LogP contribution in [0.1, 0.15) is 21.6 Å². The van der Waals surface area contributed by atoms with Crippen molar-refractivity contribution < 1.29 is 13.2 Å². The summed E-state index contributed by atoms with van der Waals surface area (Å²) in [6.07, 6.45) is 0. The molecule has 0 radical (unpaired) electrons. The van der Waals surface area contributed by atoms with Crippen LogP contribution in [0.4, 0.5) is 0 Å². The van der Waals surface area contributed by atoms with Gasteiger partial charge in [-0.1, -0.05) is 23.2 Å². The van der Waals surface area contributed by atoms with Crippen LogP contribution in [-0.2, 0) is 10.0 Å². The summed E-state index contributed by atoms with van der Waals surface area (Å²) in [5.74, 6) is -0.104. The predicted octanol–water partition coefficient (Wildman–Crippen LogP) is 4.24. The van der Waals surface area contributed by atoms with E-state index in [0.29, 0.717) is 23.7 Å². The van der Waals surface area contributed by atoms with Gasteiger partial charge in [0.2, 0.25) is 10.0 Å². The van der Waals surface area contributed by atoms with Crippen LogP contribution in [0.3, 0.4) is 0 Å². The van der Waals surface area contributed by atoms with Crippen LogP contribution < -0.4 is 0 Å². The lowest BCUT2D eigenvalue weighted by molar-refractivity contribution is 0.0698. The number of sulfonamides is 1. The molecule has 1 fully saturated rings. The fourth-order valence-corrected chi connectivity index (χ4v) is 5.88. The molecule has 2 aromatic carbocycles. The lowest BCUT2D eigenvalue weighted by Crippen LogP contribution is -2.50. The summed E-state index contributed by atoms with van der Waals surface area (Å²) >= 11 is 12.0. The molecule has 9 heteroatoms. The highest BCUT2D eigenvalue weighted by Gasteiger charge is 2.32. The van der Waals surface area contributed by atoms with Gasteiger partial charge < -0.3 is 9.88 Å². The van der Waals surface area contributed by atoms with E-state index in [9.17, 15) is 13.2 Å².